The number of carboxylic acid groups (broad SMARTS) is 1. The number of aliphatic hydroxyl groups is 1. The van der Waals surface area contributed by atoms with E-state index in [1.165, 1.54) is 26.2 Å². The molecular weight excluding hydrogens is 270 g/mol. The van der Waals surface area contributed by atoms with Crippen LogP contribution < -0.4 is 5.32 Å². The predicted octanol–water partition coefficient (Wildman–Crippen LogP) is 2.32. The zero-order valence-corrected chi connectivity index (χ0v) is 13.2. The molecule has 0 bridgehead atoms. The Kier molecular flexibility index (Phi) is 7.15. The lowest BCUT2D eigenvalue weighted by Gasteiger charge is -2.29. The molecule has 1 saturated carbocycles. The van der Waals surface area contributed by atoms with Crippen molar-refractivity contribution in [3.05, 3.63) is 0 Å². The number of amides is 1. The molecule has 1 rings (SSSR count). The van der Waals surface area contributed by atoms with Crippen molar-refractivity contribution in [2.45, 2.75) is 70.8 Å². The molecule has 0 aromatic rings. The molecule has 1 unspecified atom stereocenters. The average molecular weight is 299 g/mol. The molecule has 0 spiro atoms. The minimum atomic E-state index is -1.39. The van der Waals surface area contributed by atoms with Crippen molar-refractivity contribution >= 4 is 11.9 Å². The SMILES string of the molecule is CCCCC1CCC(C(=O)NCC(C)(O)CC(=O)O)CC1. The number of carbonyl (C=O) groups is 2. The molecule has 0 saturated heterocycles. The zero-order valence-electron chi connectivity index (χ0n) is 13.2. The molecule has 1 atom stereocenters. The van der Waals surface area contributed by atoms with Crippen molar-refractivity contribution in [3.8, 4) is 0 Å². The van der Waals surface area contributed by atoms with Crippen molar-refractivity contribution in [1.29, 1.82) is 0 Å². The van der Waals surface area contributed by atoms with Gasteiger partial charge in [-0.1, -0.05) is 26.2 Å². The Balaban J connectivity index is 2.29. The van der Waals surface area contributed by atoms with E-state index < -0.39 is 11.6 Å². The Labute approximate surface area is 127 Å². The highest BCUT2D eigenvalue weighted by Crippen LogP contribution is 2.32. The first-order valence-electron chi connectivity index (χ1n) is 8.06. The lowest BCUT2D eigenvalue weighted by atomic mass is 9.79. The van der Waals surface area contributed by atoms with Gasteiger partial charge in [0.25, 0.3) is 0 Å². The van der Waals surface area contributed by atoms with Gasteiger partial charge in [-0.2, -0.15) is 0 Å². The smallest absolute Gasteiger partial charge is 0.306 e. The molecule has 1 fully saturated rings. The zero-order chi connectivity index (χ0) is 15.9. The van der Waals surface area contributed by atoms with E-state index in [1.54, 1.807) is 0 Å². The van der Waals surface area contributed by atoms with Gasteiger partial charge in [0.15, 0.2) is 0 Å². The Morgan fingerprint density at radius 2 is 1.86 bits per heavy atom. The number of unbranched alkanes of at least 4 members (excludes halogenated alkanes) is 1. The highest BCUT2D eigenvalue weighted by molar-refractivity contribution is 5.79. The number of carboxylic acids is 1. The van der Waals surface area contributed by atoms with E-state index in [2.05, 4.69) is 12.2 Å². The molecule has 1 aliphatic carbocycles. The van der Waals surface area contributed by atoms with Gasteiger partial charge < -0.3 is 15.5 Å². The van der Waals surface area contributed by atoms with Crippen molar-refractivity contribution < 1.29 is 19.8 Å². The Morgan fingerprint density at radius 3 is 2.38 bits per heavy atom. The molecule has 0 heterocycles. The number of carbonyl (C=O) groups excluding carboxylic acids is 1. The molecule has 0 aromatic carbocycles. The quantitative estimate of drug-likeness (QED) is 0.642. The van der Waals surface area contributed by atoms with Crippen LogP contribution in [0, 0.1) is 11.8 Å². The lowest BCUT2D eigenvalue weighted by molar-refractivity contribution is -0.142. The van der Waals surface area contributed by atoms with Crippen LogP contribution in [0.15, 0.2) is 0 Å². The molecule has 0 aliphatic heterocycles. The third-order valence-electron chi connectivity index (χ3n) is 4.36. The Morgan fingerprint density at radius 1 is 1.24 bits per heavy atom. The largest absolute Gasteiger partial charge is 0.481 e. The van der Waals surface area contributed by atoms with Gasteiger partial charge in [0.05, 0.1) is 12.0 Å². The molecule has 1 aliphatic rings. The maximum atomic E-state index is 12.1. The van der Waals surface area contributed by atoms with E-state index in [4.69, 9.17) is 5.11 Å². The number of nitrogens with one attached hydrogen (secondary N) is 1. The van der Waals surface area contributed by atoms with Crippen molar-refractivity contribution in [2.75, 3.05) is 6.54 Å². The second-order valence-electron chi connectivity index (χ2n) is 6.65. The van der Waals surface area contributed by atoms with Crippen LogP contribution in [0.1, 0.15) is 65.2 Å². The maximum Gasteiger partial charge on any atom is 0.306 e. The van der Waals surface area contributed by atoms with Crippen LogP contribution in [0.2, 0.25) is 0 Å². The Hall–Kier alpha value is -1.10. The minimum absolute atomic E-state index is 0.00605. The number of hydrogen-bond acceptors (Lipinski definition) is 3. The summed E-state index contributed by atoms with van der Waals surface area (Å²) in [7, 11) is 0. The van der Waals surface area contributed by atoms with Crippen LogP contribution >= 0.6 is 0 Å². The van der Waals surface area contributed by atoms with E-state index in [1.807, 2.05) is 0 Å². The van der Waals surface area contributed by atoms with Crippen LogP contribution in [-0.4, -0.2) is 34.2 Å². The number of hydrogen-bond donors (Lipinski definition) is 3. The Bertz CT molecular complexity index is 346. The van der Waals surface area contributed by atoms with Crippen molar-refractivity contribution in [3.63, 3.8) is 0 Å². The van der Waals surface area contributed by atoms with Gasteiger partial charge >= 0.3 is 5.97 Å². The molecule has 0 radical (unpaired) electrons. The monoisotopic (exact) mass is 299 g/mol. The molecule has 122 valence electrons. The highest BCUT2D eigenvalue weighted by Gasteiger charge is 2.29. The highest BCUT2D eigenvalue weighted by atomic mass is 16.4. The molecular formula is C16H29NO4. The number of rotatable bonds is 8. The fourth-order valence-electron chi connectivity index (χ4n) is 3.02. The van der Waals surface area contributed by atoms with Crippen molar-refractivity contribution in [1.82, 2.24) is 5.32 Å². The van der Waals surface area contributed by atoms with E-state index >= 15 is 0 Å². The summed E-state index contributed by atoms with van der Waals surface area (Å²) in [5, 5.41) is 21.3. The van der Waals surface area contributed by atoms with Crippen molar-refractivity contribution in [2.24, 2.45) is 11.8 Å². The van der Waals surface area contributed by atoms with Gasteiger partial charge in [-0.25, -0.2) is 0 Å². The summed E-state index contributed by atoms with van der Waals surface area (Å²) in [4.78, 5) is 22.7. The third kappa shape index (κ3) is 6.93. The summed E-state index contributed by atoms with van der Waals surface area (Å²) in [6.07, 6.45) is 7.39. The van der Waals surface area contributed by atoms with Gasteiger partial charge in [0.2, 0.25) is 5.91 Å². The van der Waals surface area contributed by atoms with Crippen LogP contribution in [0.4, 0.5) is 0 Å². The van der Waals surface area contributed by atoms with E-state index in [0.717, 1.165) is 31.6 Å². The topological polar surface area (TPSA) is 86.6 Å². The van der Waals surface area contributed by atoms with Crippen LogP contribution in [-0.2, 0) is 9.59 Å². The molecule has 5 heteroatoms. The van der Waals surface area contributed by atoms with E-state index in [0.29, 0.717) is 0 Å². The minimum Gasteiger partial charge on any atom is -0.481 e. The molecule has 5 nitrogen and oxygen atoms in total. The summed E-state index contributed by atoms with van der Waals surface area (Å²) < 4.78 is 0. The first-order chi connectivity index (χ1) is 9.84. The van der Waals surface area contributed by atoms with E-state index in [-0.39, 0.29) is 24.8 Å². The molecule has 0 aromatic heterocycles. The third-order valence-corrected chi connectivity index (χ3v) is 4.36. The summed E-state index contributed by atoms with van der Waals surface area (Å²) >= 11 is 0. The standard InChI is InChI=1S/C16H29NO4/c1-3-4-5-12-6-8-13(9-7-12)15(20)17-11-16(2,21)10-14(18)19/h12-13,21H,3-11H2,1-2H3,(H,17,20)(H,18,19). The number of aliphatic carboxylic acids is 1. The summed E-state index contributed by atoms with van der Waals surface area (Å²) in [6.45, 7) is 3.62. The first-order valence-corrected chi connectivity index (χ1v) is 8.06. The molecule has 21 heavy (non-hydrogen) atoms. The maximum absolute atomic E-state index is 12.1. The lowest BCUT2D eigenvalue weighted by Crippen LogP contribution is -2.44. The van der Waals surface area contributed by atoms with Crippen LogP contribution in [0.25, 0.3) is 0 Å². The van der Waals surface area contributed by atoms with Gasteiger partial charge in [0.1, 0.15) is 0 Å². The predicted molar refractivity (Wildman–Crippen MR) is 80.9 cm³/mol. The van der Waals surface area contributed by atoms with E-state index in [9.17, 15) is 14.7 Å². The fourth-order valence-corrected chi connectivity index (χ4v) is 3.02. The van der Waals surface area contributed by atoms with Crippen LogP contribution in [0.5, 0.6) is 0 Å². The fraction of sp³-hybridized carbons (Fsp3) is 0.875. The van der Waals surface area contributed by atoms with Crippen LogP contribution in [0.3, 0.4) is 0 Å². The summed E-state index contributed by atoms with van der Waals surface area (Å²) in [5.41, 5.74) is -1.39. The van der Waals surface area contributed by atoms with Gasteiger partial charge in [-0.3, -0.25) is 9.59 Å². The molecule has 1 amide bonds. The summed E-state index contributed by atoms with van der Waals surface area (Å²) in [5.74, 6) is -0.340. The van der Waals surface area contributed by atoms with Gasteiger partial charge in [-0.05, 0) is 38.5 Å². The van der Waals surface area contributed by atoms with Gasteiger partial charge in [-0.15, -0.1) is 0 Å². The second-order valence-corrected chi connectivity index (χ2v) is 6.65. The molecule has 3 N–H and O–H groups in total. The second kappa shape index (κ2) is 8.37. The normalized spacial score (nSPS) is 25.1. The van der Waals surface area contributed by atoms with Gasteiger partial charge in [0, 0.05) is 12.5 Å². The first kappa shape index (κ1) is 18.0. The average Bonchev–Trinajstić information content (AvgIpc) is 2.42. The summed E-state index contributed by atoms with van der Waals surface area (Å²) in [6, 6.07) is 0.